The summed E-state index contributed by atoms with van der Waals surface area (Å²) in [6.45, 7) is 3.92. The second kappa shape index (κ2) is 8.35. The maximum absolute atomic E-state index is 13.5. The molecule has 8 heteroatoms. The molecule has 0 saturated carbocycles. The van der Waals surface area contributed by atoms with Crippen molar-refractivity contribution in [1.82, 2.24) is 19.6 Å². The molecule has 0 atom stereocenters. The Labute approximate surface area is 206 Å². The number of nitrogen functional groups attached to an aromatic ring is 1. The molecule has 0 aliphatic rings. The monoisotopic (exact) mass is 473 g/mol. The Morgan fingerprint density at radius 2 is 1.78 bits per heavy atom. The number of hydrogen-bond acceptors (Lipinski definition) is 5. The summed E-state index contributed by atoms with van der Waals surface area (Å²) in [6.07, 6.45) is 3.59. The van der Waals surface area contributed by atoms with Crippen LogP contribution in [0.3, 0.4) is 0 Å². The number of aromatic amines is 1. The highest BCUT2D eigenvalue weighted by atomic mass is 16.1. The minimum Gasteiger partial charge on any atom is -0.383 e. The van der Waals surface area contributed by atoms with Gasteiger partial charge in [0.2, 0.25) is 0 Å². The molecule has 0 aliphatic heterocycles. The lowest BCUT2D eigenvalue weighted by Crippen LogP contribution is -2.15. The van der Waals surface area contributed by atoms with E-state index < -0.39 is 0 Å². The van der Waals surface area contributed by atoms with Crippen molar-refractivity contribution in [2.75, 3.05) is 11.1 Å². The van der Waals surface area contributed by atoms with Gasteiger partial charge in [-0.25, -0.2) is 9.97 Å². The average molecular weight is 474 g/mol. The molecule has 8 nitrogen and oxygen atoms in total. The van der Waals surface area contributed by atoms with Crippen LogP contribution < -0.4 is 11.1 Å². The van der Waals surface area contributed by atoms with Crippen molar-refractivity contribution in [3.63, 3.8) is 0 Å². The van der Waals surface area contributed by atoms with Gasteiger partial charge in [-0.1, -0.05) is 42.5 Å². The van der Waals surface area contributed by atoms with Crippen LogP contribution in [0.25, 0.3) is 33.1 Å². The number of nitrogens with zero attached hydrogens (tertiary/aromatic N) is 4. The van der Waals surface area contributed by atoms with Crippen molar-refractivity contribution in [2.45, 2.75) is 13.8 Å². The first-order valence-electron chi connectivity index (χ1n) is 11.6. The van der Waals surface area contributed by atoms with Crippen LogP contribution in [0.4, 0.5) is 11.5 Å². The molecule has 0 bridgehead atoms. The zero-order valence-corrected chi connectivity index (χ0v) is 19.8. The van der Waals surface area contributed by atoms with Crippen molar-refractivity contribution in [3.8, 4) is 0 Å². The van der Waals surface area contributed by atoms with Gasteiger partial charge in [0, 0.05) is 28.4 Å². The quantitative estimate of drug-likeness (QED) is 0.297. The number of carbonyl (C=O) groups excluding carboxylic acids is 1. The van der Waals surface area contributed by atoms with Gasteiger partial charge in [-0.3, -0.25) is 4.79 Å². The van der Waals surface area contributed by atoms with Gasteiger partial charge in [-0.05, 0) is 49.2 Å². The van der Waals surface area contributed by atoms with Gasteiger partial charge in [-0.15, -0.1) is 0 Å². The van der Waals surface area contributed by atoms with Gasteiger partial charge >= 0.3 is 0 Å². The van der Waals surface area contributed by atoms with Crippen LogP contribution in [0.2, 0.25) is 0 Å². The van der Waals surface area contributed by atoms with Crippen molar-refractivity contribution < 1.29 is 4.79 Å². The van der Waals surface area contributed by atoms with Gasteiger partial charge in [0.05, 0.1) is 17.2 Å². The number of benzene rings is 3. The third-order valence-electron chi connectivity index (χ3n) is 6.28. The van der Waals surface area contributed by atoms with Crippen molar-refractivity contribution in [1.29, 1.82) is 0 Å². The maximum Gasteiger partial charge on any atom is 0.261 e. The Morgan fingerprint density at radius 1 is 1.03 bits per heavy atom. The van der Waals surface area contributed by atoms with Crippen molar-refractivity contribution in [2.24, 2.45) is 5.10 Å². The summed E-state index contributed by atoms with van der Waals surface area (Å²) in [5.74, 6) is -0.198. The van der Waals surface area contributed by atoms with E-state index in [1.807, 2.05) is 86.8 Å². The van der Waals surface area contributed by atoms with Crippen LogP contribution in [0.15, 0.2) is 78.0 Å². The van der Waals surface area contributed by atoms with Gasteiger partial charge in [0.15, 0.2) is 5.65 Å². The lowest BCUT2D eigenvalue weighted by Gasteiger charge is -2.09. The van der Waals surface area contributed by atoms with Gasteiger partial charge in [0.25, 0.3) is 5.91 Å². The molecule has 0 radical (unpaired) electrons. The zero-order chi connectivity index (χ0) is 24.8. The first kappa shape index (κ1) is 21.5. The first-order chi connectivity index (χ1) is 17.5. The van der Waals surface area contributed by atoms with E-state index in [0.29, 0.717) is 22.2 Å². The topological polar surface area (TPSA) is 114 Å². The van der Waals surface area contributed by atoms with Crippen LogP contribution in [-0.4, -0.2) is 31.7 Å². The summed E-state index contributed by atoms with van der Waals surface area (Å²) >= 11 is 0. The minimum absolute atomic E-state index is 0.166. The average Bonchev–Trinajstić information content (AvgIpc) is 3.41. The third-order valence-corrected chi connectivity index (χ3v) is 6.28. The largest absolute Gasteiger partial charge is 0.383 e. The van der Waals surface area contributed by atoms with E-state index in [2.05, 4.69) is 15.4 Å². The highest BCUT2D eigenvalue weighted by Crippen LogP contribution is 2.29. The van der Waals surface area contributed by atoms with E-state index in [4.69, 9.17) is 15.7 Å². The fraction of sp³-hybridized carbons (Fsp3) is 0.0714. The van der Waals surface area contributed by atoms with Crippen LogP contribution >= 0.6 is 0 Å². The number of nitrogens with one attached hydrogen (secondary N) is 2. The van der Waals surface area contributed by atoms with Gasteiger partial charge < -0.3 is 16.0 Å². The van der Waals surface area contributed by atoms with Crippen molar-refractivity contribution >= 4 is 56.7 Å². The molecular weight excluding hydrogens is 450 g/mol. The summed E-state index contributed by atoms with van der Waals surface area (Å²) < 4.78 is 1.48. The number of H-pyrrole nitrogens is 1. The molecule has 6 aromatic rings. The molecule has 6 rings (SSSR count). The SMILES string of the molecule is Cc1ccc(C)c(NC(=O)c2c(N)n(/N=C/c3c[nH]c4ccccc34)c3nc4ccccc4nc23)c1. The molecule has 3 aromatic heterocycles. The van der Waals surface area contributed by atoms with Crippen LogP contribution in [0, 0.1) is 13.8 Å². The normalized spacial score (nSPS) is 11.7. The van der Waals surface area contributed by atoms with Crippen LogP contribution in [0.5, 0.6) is 0 Å². The van der Waals surface area contributed by atoms with E-state index in [9.17, 15) is 4.79 Å². The molecule has 4 N–H and O–H groups in total. The lowest BCUT2D eigenvalue weighted by atomic mass is 10.1. The summed E-state index contributed by atoms with van der Waals surface area (Å²) in [5.41, 5.74) is 13.6. The molecule has 3 aromatic carbocycles. The Hall–Kier alpha value is -4.98. The Balaban J connectivity index is 1.52. The predicted molar refractivity (Wildman–Crippen MR) is 145 cm³/mol. The number of aryl methyl sites for hydroxylation is 2. The molecule has 36 heavy (non-hydrogen) atoms. The van der Waals surface area contributed by atoms with E-state index in [1.165, 1.54) is 4.68 Å². The number of aromatic nitrogens is 4. The Bertz CT molecular complexity index is 1830. The second-order valence-corrected chi connectivity index (χ2v) is 8.76. The molecule has 1 amide bonds. The number of nitrogens with two attached hydrogens (primary N) is 1. The number of para-hydroxylation sites is 3. The second-order valence-electron chi connectivity index (χ2n) is 8.76. The number of anilines is 2. The predicted octanol–water partition coefficient (Wildman–Crippen LogP) is 5.40. The fourth-order valence-electron chi connectivity index (χ4n) is 4.36. The van der Waals surface area contributed by atoms with E-state index in [-0.39, 0.29) is 17.3 Å². The number of amides is 1. The molecule has 3 heterocycles. The maximum atomic E-state index is 13.5. The summed E-state index contributed by atoms with van der Waals surface area (Å²) in [5, 5.41) is 8.67. The number of fused-ring (bicyclic) bond motifs is 3. The van der Waals surface area contributed by atoms with Gasteiger partial charge in [0.1, 0.15) is 16.9 Å². The smallest absolute Gasteiger partial charge is 0.261 e. The van der Waals surface area contributed by atoms with Crippen LogP contribution in [0.1, 0.15) is 27.0 Å². The Kier molecular flexibility index (Phi) is 5.00. The molecular formula is C28H23N7O. The molecule has 176 valence electrons. The zero-order valence-electron chi connectivity index (χ0n) is 19.8. The molecule has 0 saturated heterocycles. The van der Waals surface area contributed by atoms with Crippen LogP contribution in [-0.2, 0) is 0 Å². The number of hydrogen-bond donors (Lipinski definition) is 3. The molecule has 0 fully saturated rings. The summed E-state index contributed by atoms with van der Waals surface area (Å²) in [6, 6.07) is 21.4. The Morgan fingerprint density at radius 3 is 2.61 bits per heavy atom. The van der Waals surface area contributed by atoms with Crippen molar-refractivity contribution in [3.05, 3.63) is 95.2 Å². The molecule has 0 unspecified atom stereocenters. The van der Waals surface area contributed by atoms with Gasteiger partial charge in [-0.2, -0.15) is 9.78 Å². The standard InChI is InChI=1S/C28H23N7O/c1-16-11-12-17(2)23(13-16)34-28(36)24-25-27(33-22-10-6-5-9-21(22)32-25)35(26(24)29)31-15-18-14-30-20-8-4-3-7-19(18)20/h3-15,30H,29H2,1-2H3,(H,34,36)/b31-15+. The summed E-state index contributed by atoms with van der Waals surface area (Å²) in [4.78, 5) is 26.3. The van der Waals surface area contributed by atoms with E-state index >= 15 is 0 Å². The molecule has 0 aliphatic carbocycles. The van der Waals surface area contributed by atoms with E-state index in [0.717, 1.165) is 33.3 Å². The highest BCUT2D eigenvalue weighted by Gasteiger charge is 2.24. The minimum atomic E-state index is -0.364. The lowest BCUT2D eigenvalue weighted by molar-refractivity contribution is 0.102. The third kappa shape index (κ3) is 3.56. The summed E-state index contributed by atoms with van der Waals surface area (Å²) in [7, 11) is 0. The molecule has 0 spiro atoms. The number of rotatable bonds is 4. The first-order valence-corrected chi connectivity index (χ1v) is 11.6. The highest BCUT2D eigenvalue weighted by molar-refractivity contribution is 6.16. The fourth-order valence-corrected chi connectivity index (χ4v) is 4.36. The van der Waals surface area contributed by atoms with E-state index in [1.54, 1.807) is 6.21 Å². The number of carbonyl (C=O) groups is 1.